The van der Waals surface area contributed by atoms with Gasteiger partial charge in [0, 0.05) is 11.9 Å². The maximum absolute atomic E-state index is 6.22. The zero-order chi connectivity index (χ0) is 11.7. The van der Waals surface area contributed by atoms with Crippen LogP contribution in [0.4, 0.5) is 5.82 Å². The maximum atomic E-state index is 6.22. The fourth-order valence-electron chi connectivity index (χ4n) is 2.20. The lowest BCUT2D eigenvalue weighted by Crippen LogP contribution is -2.19. The van der Waals surface area contributed by atoms with E-state index < -0.39 is 0 Å². The van der Waals surface area contributed by atoms with Gasteiger partial charge < -0.3 is 5.32 Å². The Labute approximate surface area is 103 Å². The number of aromatic nitrogens is 5. The predicted octanol–water partition coefficient (Wildman–Crippen LogP) is 1.34. The average Bonchev–Trinajstić information content (AvgIpc) is 2.94. The van der Waals surface area contributed by atoms with E-state index in [1.807, 2.05) is 12.1 Å². The molecule has 2 unspecified atom stereocenters. The number of alkyl halides is 1. The van der Waals surface area contributed by atoms with Crippen LogP contribution in [0.2, 0.25) is 0 Å². The normalized spacial score (nSPS) is 24.3. The minimum atomic E-state index is 0.291. The molecular weight excluding hydrogens is 240 g/mol. The van der Waals surface area contributed by atoms with Crippen molar-refractivity contribution in [1.29, 1.82) is 0 Å². The van der Waals surface area contributed by atoms with Gasteiger partial charge in [0.2, 0.25) is 0 Å². The highest BCUT2D eigenvalue weighted by Gasteiger charge is 2.24. The van der Waals surface area contributed by atoms with E-state index in [9.17, 15) is 0 Å². The van der Waals surface area contributed by atoms with Crippen LogP contribution in [0.25, 0.3) is 5.65 Å². The van der Waals surface area contributed by atoms with Crippen molar-refractivity contribution in [2.45, 2.75) is 24.6 Å². The first-order valence-corrected chi connectivity index (χ1v) is 6.20. The van der Waals surface area contributed by atoms with E-state index >= 15 is 0 Å². The van der Waals surface area contributed by atoms with E-state index in [0.29, 0.717) is 16.9 Å². The third-order valence-corrected chi connectivity index (χ3v) is 3.76. The van der Waals surface area contributed by atoms with Gasteiger partial charge in [-0.15, -0.1) is 26.4 Å². The topological polar surface area (TPSA) is 68.0 Å². The Bertz CT molecular complexity index is 512. The molecule has 1 saturated carbocycles. The number of halogens is 1. The van der Waals surface area contributed by atoms with Gasteiger partial charge in [-0.25, -0.2) is 0 Å². The molecule has 0 aliphatic heterocycles. The molecular formula is C10H13ClN6. The number of nitrogens with zero attached hydrogens (tertiary/aromatic N) is 5. The molecule has 2 aromatic rings. The SMILES string of the molecule is ClC1CCCC1CNc1ccc2nnnn2n1. The summed E-state index contributed by atoms with van der Waals surface area (Å²) in [4.78, 5) is 0. The average molecular weight is 253 g/mol. The second kappa shape index (κ2) is 4.44. The van der Waals surface area contributed by atoms with Crippen molar-refractivity contribution in [1.82, 2.24) is 25.3 Å². The summed E-state index contributed by atoms with van der Waals surface area (Å²) in [6.45, 7) is 0.856. The van der Waals surface area contributed by atoms with Gasteiger partial charge in [0.25, 0.3) is 0 Å². The lowest BCUT2D eigenvalue weighted by atomic mass is 10.1. The molecule has 90 valence electrons. The van der Waals surface area contributed by atoms with E-state index in [-0.39, 0.29) is 0 Å². The number of fused-ring (bicyclic) bond motifs is 1. The molecule has 1 aliphatic rings. The van der Waals surface area contributed by atoms with Crippen LogP contribution in [-0.2, 0) is 0 Å². The number of hydrogen-bond acceptors (Lipinski definition) is 5. The molecule has 0 amide bonds. The van der Waals surface area contributed by atoms with Crippen LogP contribution in [0.15, 0.2) is 12.1 Å². The van der Waals surface area contributed by atoms with Crippen LogP contribution < -0.4 is 5.32 Å². The Morgan fingerprint density at radius 3 is 3.18 bits per heavy atom. The maximum Gasteiger partial charge on any atom is 0.200 e. The Morgan fingerprint density at radius 2 is 2.35 bits per heavy atom. The van der Waals surface area contributed by atoms with Gasteiger partial charge in [-0.2, -0.15) is 0 Å². The highest BCUT2D eigenvalue weighted by molar-refractivity contribution is 6.20. The third-order valence-electron chi connectivity index (χ3n) is 3.18. The van der Waals surface area contributed by atoms with Gasteiger partial charge in [-0.3, -0.25) is 0 Å². The summed E-state index contributed by atoms with van der Waals surface area (Å²) in [5.74, 6) is 1.31. The summed E-state index contributed by atoms with van der Waals surface area (Å²) >= 11 is 6.22. The van der Waals surface area contributed by atoms with Crippen molar-refractivity contribution >= 4 is 23.1 Å². The number of rotatable bonds is 3. The molecule has 1 aliphatic carbocycles. The monoisotopic (exact) mass is 252 g/mol. The lowest BCUT2D eigenvalue weighted by Gasteiger charge is -2.14. The van der Waals surface area contributed by atoms with Gasteiger partial charge in [0.05, 0.1) is 0 Å². The molecule has 7 heteroatoms. The van der Waals surface area contributed by atoms with Crippen LogP contribution in [0.1, 0.15) is 19.3 Å². The zero-order valence-electron chi connectivity index (χ0n) is 9.25. The smallest absolute Gasteiger partial charge is 0.200 e. The van der Waals surface area contributed by atoms with Crippen molar-refractivity contribution in [2.24, 2.45) is 5.92 Å². The molecule has 0 bridgehead atoms. The van der Waals surface area contributed by atoms with Gasteiger partial charge in [0.15, 0.2) is 5.65 Å². The first-order valence-electron chi connectivity index (χ1n) is 5.76. The summed E-state index contributed by atoms with van der Waals surface area (Å²) in [5.41, 5.74) is 0.645. The van der Waals surface area contributed by atoms with Crippen LogP contribution in [0, 0.1) is 5.92 Å². The van der Waals surface area contributed by atoms with E-state index in [2.05, 4.69) is 25.9 Å². The van der Waals surface area contributed by atoms with Gasteiger partial charge in [-0.1, -0.05) is 6.42 Å². The summed E-state index contributed by atoms with van der Waals surface area (Å²) < 4.78 is 1.41. The zero-order valence-corrected chi connectivity index (χ0v) is 10.0. The molecule has 6 nitrogen and oxygen atoms in total. The van der Waals surface area contributed by atoms with Crippen LogP contribution in [0.5, 0.6) is 0 Å². The molecule has 0 aromatic carbocycles. The summed E-state index contributed by atoms with van der Waals surface area (Å²) in [5, 5.41) is 18.9. The van der Waals surface area contributed by atoms with E-state index in [0.717, 1.165) is 18.8 Å². The molecule has 0 saturated heterocycles. The molecule has 1 fully saturated rings. The second-order valence-electron chi connectivity index (χ2n) is 4.33. The molecule has 1 N–H and O–H groups in total. The molecule has 0 radical (unpaired) electrons. The minimum absolute atomic E-state index is 0.291. The van der Waals surface area contributed by atoms with Gasteiger partial charge in [-0.05, 0) is 41.3 Å². The van der Waals surface area contributed by atoms with E-state index in [1.165, 1.54) is 17.5 Å². The predicted molar refractivity (Wildman–Crippen MR) is 64.0 cm³/mol. The largest absolute Gasteiger partial charge is 0.368 e. The summed E-state index contributed by atoms with van der Waals surface area (Å²) in [6, 6.07) is 3.71. The Balaban J connectivity index is 1.67. The van der Waals surface area contributed by atoms with Crippen LogP contribution >= 0.6 is 11.6 Å². The molecule has 2 heterocycles. The number of hydrogen-bond donors (Lipinski definition) is 1. The number of tetrazole rings is 1. The van der Waals surface area contributed by atoms with Crippen molar-refractivity contribution in [3.05, 3.63) is 12.1 Å². The number of anilines is 1. The molecule has 2 aromatic heterocycles. The van der Waals surface area contributed by atoms with Gasteiger partial charge in [0.1, 0.15) is 5.82 Å². The van der Waals surface area contributed by atoms with Gasteiger partial charge >= 0.3 is 0 Å². The Morgan fingerprint density at radius 1 is 1.41 bits per heavy atom. The Hall–Kier alpha value is -1.43. The molecule has 17 heavy (non-hydrogen) atoms. The molecule has 0 spiro atoms. The summed E-state index contributed by atoms with van der Waals surface area (Å²) in [6.07, 6.45) is 3.53. The first kappa shape index (κ1) is 10.7. The van der Waals surface area contributed by atoms with Crippen molar-refractivity contribution < 1.29 is 0 Å². The molecule has 3 rings (SSSR count). The number of nitrogens with one attached hydrogen (secondary N) is 1. The highest BCUT2D eigenvalue weighted by atomic mass is 35.5. The second-order valence-corrected chi connectivity index (χ2v) is 4.89. The summed E-state index contributed by atoms with van der Waals surface area (Å²) in [7, 11) is 0. The van der Waals surface area contributed by atoms with E-state index in [4.69, 9.17) is 11.6 Å². The fourth-order valence-corrected chi connectivity index (χ4v) is 2.57. The van der Waals surface area contributed by atoms with Crippen molar-refractivity contribution in [3.63, 3.8) is 0 Å². The van der Waals surface area contributed by atoms with Crippen LogP contribution in [-0.4, -0.2) is 37.2 Å². The van der Waals surface area contributed by atoms with Crippen molar-refractivity contribution in [3.8, 4) is 0 Å². The lowest BCUT2D eigenvalue weighted by molar-refractivity contribution is 0.583. The third kappa shape index (κ3) is 2.17. The fraction of sp³-hybridized carbons (Fsp3) is 0.600. The standard InChI is InChI=1S/C10H13ClN6/c11-8-3-1-2-7(8)6-12-9-4-5-10-13-15-16-17(10)14-9/h4-5,7-8H,1-3,6H2,(H,12,14). The quantitative estimate of drug-likeness (QED) is 0.835. The van der Waals surface area contributed by atoms with Crippen molar-refractivity contribution in [2.75, 3.05) is 11.9 Å². The highest BCUT2D eigenvalue weighted by Crippen LogP contribution is 2.30. The molecule has 2 atom stereocenters. The first-order chi connectivity index (χ1) is 8.33. The van der Waals surface area contributed by atoms with Crippen LogP contribution in [0.3, 0.4) is 0 Å². The van der Waals surface area contributed by atoms with E-state index in [1.54, 1.807) is 0 Å². The Kier molecular flexibility index (Phi) is 2.80. The minimum Gasteiger partial charge on any atom is -0.368 e.